The highest BCUT2D eigenvalue weighted by Crippen LogP contribution is 2.40. The Labute approximate surface area is 181 Å². The average molecular weight is 443 g/mol. The zero-order valence-electron chi connectivity index (χ0n) is 19.2. The second-order valence-electron chi connectivity index (χ2n) is 9.51. The molecule has 5 nitrogen and oxygen atoms in total. The van der Waals surface area contributed by atoms with Gasteiger partial charge in [-0.25, -0.2) is 0 Å². The fourth-order valence-electron chi connectivity index (χ4n) is 3.21. The first-order chi connectivity index (χ1) is 13.3. The smallest absolute Gasteiger partial charge is 0.313 e. The molecule has 0 amide bonds. The zero-order chi connectivity index (χ0) is 22.4. The Morgan fingerprint density at radius 3 is 2.34 bits per heavy atom. The van der Waals surface area contributed by atoms with Crippen LogP contribution in [0.2, 0.25) is 13.1 Å². The van der Waals surface area contributed by atoms with Gasteiger partial charge in [0, 0.05) is 11.3 Å². The normalized spacial score (nSPS) is 15.4. The van der Waals surface area contributed by atoms with E-state index in [9.17, 15) is 14.7 Å². The molecule has 0 aliphatic carbocycles. The maximum absolute atomic E-state index is 12.2. The molecule has 2 unspecified atom stereocenters. The van der Waals surface area contributed by atoms with Gasteiger partial charge in [-0.3, -0.25) is 9.59 Å². The van der Waals surface area contributed by atoms with Crippen molar-refractivity contribution in [3.63, 3.8) is 0 Å². The third-order valence-corrected chi connectivity index (χ3v) is 6.96. The molecule has 166 valence electrons. The van der Waals surface area contributed by atoms with Crippen LogP contribution >= 0.6 is 11.3 Å². The fraction of sp³-hybridized carbons (Fsp3) is 0.727. The van der Waals surface area contributed by atoms with Crippen LogP contribution in [0.4, 0.5) is 0 Å². The van der Waals surface area contributed by atoms with Crippen LogP contribution in [0.1, 0.15) is 70.4 Å². The fourth-order valence-corrected chi connectivity index (χ4v) is 5.64. The molecule has 0 aromatic carbocycles. The highest BCUT2D eigenvalue weighted by atomic mass is 32.1. The minimum atomic E-state index is -1.19. The molecule has 2 atom stereocenters. The lowest BCUT2D eigenvalue weighted by molar-refractivity contribution is -0.144. The summed E-state index contributed by atoms with van der Waals surface area (Å²) in [4.78, 5) is 24.7. The molecule has 0 fully saturated rings. The van der Waals surface area contributed by atoms with Crippen LogP contribution in [-0.4, -0.2) is 38.6 Å². The second-order valence-corrected chi connectivity index (χ2v) is 12.8. The molecule has 7 heteroatoms. The van der Waals surface area contributed by atoms with Crippen molar-refractivity contribution in [3.8, 4) is 0 Å². The summed E-state index contributed by atoms with van der Waals surface area (Å²) in [5, 5.41) is 13.2. The molecule has 0 radical (unpaired) electrons. The summed E-state index contributed by atoms with van der Waals surface area (Å²) in [6, 6.07) is 2.17. The number of hydrogen-bond acceptors (Lipinski definition) is 6. The highest BCUT2D eigenvalue weighted by Gasteiger charge is 2.34. The summed E-state index contributed by atoms with van der Waals surface area (Å²) in [6.07, 6.45) is 0.875. The third-order valence-electron chi connectivity index (χ3n) is 5.12. The minimum Gasteiger partial charge on any atom is -0.469 e. The standard InChI is InChI=1S/C22H38O5SSi/c1-15(2)22(25,13-17(23)12-19(24)26-6)10-9-16-11-18(28-14-16)20(21(3,4)5)27-29(7)8/h11,14-15,20,25,29H,9-10,12-13H2,1-8H3. The quantitative estimate of drug-likeness (QED) is 0.306. The molecule has 1 rings (SSSR count). The molecule has 1 N–H and O–H groups in total. The van der Waals surface area contributed by atoms with Gasteiger partial charge in [0.25, 0.3) is 0 Å². The Hall–Kier alpha value is -1.02. The molecule has 0 aliphatic rings. The van der Waals surface area contributed by atoms with Crippen molar-refractivity contribution in [1.29, 1.82) is 0 Å². The molecule has 0 bridgehead atoms. The Morgan fingerprint density at radius 2 is 1.86 bits per heavy atom. The topological polar surface area (TPSA) is 72.8 Å². The van der Waals surface area contributed by atoms with Gasteiger partial charge in [0.15, 0.2) is 9.04 Å². The monoisotopic (exact) mass is 442 g/mol. The lowest BCUT2D eigenvalue weighted by Crippen LogP contribution is -2.38. The van der Waals surface area contributed by atoms with Crippen molar-refractivity contribution in [3.05, 3.63) is 21.9 Å². The van der Waals surface area contributed by atoms with E-state index < -0.39 is 20.6 Å². The first kappa shape index (κ1) is 26.0. The van der Waals surface area contributed by atoms with E-state index in [4.69, 9.17) is 4.43 Å². The van der Waals surface area contributed by atoms with Crippen LogP contribution < -0.4 is 0 Å². The summed E-state index contributed by atoms with van der Waals surface area (Å²) in [5.74, 6) is -0.951. The maximum atomic E-state index is 12.2. The van der Waals surface area contributed by atoms with Crippen LogP contribution in [0.15, 0.2) is 11.4 Å². The molecule has 1 heterocycles. The van der Waals surface area contributed by atoms with E-state index in [2.05, 4.69) is 50.0 Å². The van der Waals surface area contributed by atoms with Crippen molar-refractivity contribution in [2.24, 2.45) is 11.3 Å². The van der Waals surface area contributed by atoms with Crippen molar-refractivity contribution >= 4 is 32.1 Å². The van der Waals surface area contributed by atoms with E-state index in [-0.39, 0.29) is 36.1 Å². The lowest BCUT2D eigenvalue weighted by atomic mass is 9.80. The Kier molecular flexibility index (Phi) is 9.72. The van der Waals surface area contributed by atoms with Crippen LogP contribution in [0.3, 0.4) is 0 Å². The number of ketones is 1. The Morgan fingerprint density at radius 1 is 1.24 bits per heavy atom. The number of rotatable bonds is 11. The summed E-state index contributed by atoms with van der Waals surface area (Å²) >= 11 is 1.70. The summed E-state index contributed by atoms with van der Waals surface area (Å²) in [7, 11) is 0.0726. The van der Waals surface area contributed by atoms with Gasteiger partial charge in [0.2, 0.25) is 0 Å². The van der Waals surface area contributed by atoms with E-state index in [1.807, 2.05) is 13.8 Å². The summed E-state index contributed by atoms with van der Waals surface area (Å²) in [6.45, 7) is 14.7. The number of esters is 1. The van der Waals surface area contributed by atoms with Crippen molar-refractivity contribution in [2.75, 3.05) is 7.11 Å². The molecular formula is C22H38O5SSi. The SMILES string of the molecule is COC(=O)CC(=O)CC(O)(CCc1csc(C(O[SiH](C)C)C(C)(C)C)c1)C(C)C. The van der Waals surface area contributed by atoms with E-state index >= 15 is 0 Å². The van der Waals surface area contributed by atoms with Crippen LogP contribution in [0.25, 0.3) is 0 Å². The van der Waals surface area contributed by atoms with Gasteiger partial charge in [0.05, 0.1) is 18.8 Å². The molecule has 0 spiro atoms. The minimum absolute atomic E-state index is 0.0123. The number of methoxy groups -OCH3 is 1. The van der Waals surface area contributed by atoms with Crippen LogP contribution in [-0.2, 0) is 25.2 Å². The number of carbonyl (C=O) groups is 2. The van der Waals surface area contributed by atoms with Crippen LogP contribution in [0.5, 0.6) is 0 Å². The number of aliphatic hydroxyl groups is 1. The predicted molar refractivity (Wildman–Crippen MR) is 121 cm³/mol. The maximum Gasteiger partial charge on any atom is 0.313 e. The number of aryl methyl sites for hydroxylation is 1. The van der Waals surface area contributed by atoms with E-state index in [0.29, 0.717) is 12.8 Å². The number of thiophene rings is 1. The number of carbonyl (C=O) groups excluding carboxylic acids is 2. The Bertz CT molecular complexity index is 677. The van der Waals surface area contributed by atoms with Gasteiger partial charge < -0.3 is 14.3 Å². The molecule has 0 saturated carbocycles. The van der Waals surface area contributed by atoms with Crippen molar-refractivity contribution in [2.45, 2.75) is 85.1 Å². The van der Waals surface area contributed by atoms with E-state index in [0.717, 1.165) is 5.56 Å². The average Bonchev–Trinajstić information content (AvgIpc) is 3.04. The molecule has 1 aromatic heterocycles. The summed E-state index contributed by atoms with van der Waals surface area (Å²) in [5.41, 5.74) is 0.0175. The first-order valence-corrected chi connectivity index (χ1v) is 14.0. The number of Topliss-reactive ketones (excluding diaryl/α,β-unsaturated/α-hetero) is 1. The molecule has 0 aliphatic heterocycles. The molecule has 29 heavy (non-hydrogen) atoms. The first-order valence-electron chi connectivity index (χ1n) is 10.3. The lowest BCUT2D eigenvalue weighted by Gasteiger charge is -2.32. The van der Waals surface area contributed by atoms with Crippen LogP contribution in [0, 0.1) is 11.3 Å². The third kappa shape index (κ3) is 8.32. The van der Waals surface area contributed by atoms with Gasteiger partial charge in [0.1, 0.15) is 12.2 Å². The van der Waals surface area contributed by atoms with E-state index in [1.165, 1.54) is 12.0 Å². The predicted octanol–water partition coefficient (Wildman–Crippen LogP) is 4.68. The largest absolute Gasteiger partial charge is 0.469 e. The number of hydrogen-bond donors (Lipinski definition) is 1. The zero-order valence-corrected chi connectivity index (χ0v) is 21.2. The molecule has 0 saturated heterocycles. The second kappa shape index (κ2) is 10.8. The van der Waals surface area contributed by atoms with Gasteiger partial charge in [-0.1, -0.05) is 34.6 Å². The van der Waals surface area contributed by atoms with Gasteiger partial charge >= 0.3 is 5.97 Å². The Balaban J connectivity index is 2.86. The molecule has 1 aromatic rings. The van der Waals surface area contributed by atoms with Crippen molar-refractivity contribution in [1.82, 2.24) is 0 Å². The van der Waals surface area contributed by atoms with Gasteiger partial charge in [-0.05, 0) is 54.3 Å². The number of ether oxygens (including phenoxy) is 1. The van der Waals surface area contributed by atoms with Gasteiger partial charge in [-0.2, -0.15) is 0 Å². The summed E-state index contributed by atoms with van der Waals surface area (Å²) < 4.78 is 10.9. The van der Waals surface area contributed by atoms with Crippen molar-refractivity contribution < 1.29 is 23.9 Å². The van der Waals surface area contributed by atoms with Gasteiger partial charge in [-0.15, -0.1) is 11.3 Å². The van der Waals surface area contributed by atoms with E-state index in [1.54, 1.807) is 11.3 Å². The molecular weight excluding hydrogens is 404 g/mol. The highest BCUT2D eigenvalue weighted by molar-refractivity contribution is 7.10.